The van der Waals surface area contributed by atoms with Gasteiger partial charge in [-0.3, -0.25) is 9.69 Å². The van der Waals surface area contributed by atoms with Gasteiger partial charge >= 0.3 is 5.97 Å². The normalized spacial score (nSPS) is 34.0. The lowest BCUT2D eigenvalue weighted by atomic mass is 9.81. The van der Waals surface area contributed by atoms with Gasteiger partial charge in [-0.2, -0.15) is 0 Å². The molecule has 1 saturated heterocycles. The van der Waals surface area contributed by atoms with Gasteiger partial charge in [0.15, 0.2) is 0 Å². The van der Waals surface area contributed by atoms with Crippen LogP contribution in [0.1, 0.15) is 44.1 Å². The van der Waals surface area contributed by atoms with E-state index < -0.39 is 5.97 Å². The largest absolute Gasteiger partial charge is 0.481 e. The van der Waals surface area contributed by atoms with Gasteiger partial charge in [0.05, 0.1) is 5.92 Å². The van der Waals surface area contributed by atoms with Crippen LogP contribution in [0.5, 0.6) is 0 Å². The first kappa shape index (κ1) is 14.6. The van der Waals surface area contributed by atoms with Crippen LogP contribution in [-0.2, 0) is 4.79 Å². The number of carbonyl (C=O) groups is 1. The Bertz CT molecular complexity index is 479. The van der Waals surface area contributed by atoms with Crippen LogP contribution < -0.4 is 0 Å². The van der Waals surface area contributed by atoms with E-state index in [-0.39, 0.29) is 11.8 Å². The summed E-state index contributed by atoms with van der Waals surface area (Å²) in [6.45, 7) is 3.78. The van der Waals surface area contributed by atoms with E-state index in [2.05, 4.69) is 42.2 Å². The van der Waals surface area contributed by atoms with Crippen molar-refractivity contribution in [3.63, 3.8) is 0 Å². The second-order valence-corrected chi connectivity index (χ2v) is 6.79. The molecule has 1 N–H and O–H groups in total. The molecular weight excluding hydrogens is 262 g/mol. The molecule has 0 radical (unpaired) electrons. The number of aliphatic carboxylic acids is 1. The number of carboxylic acid groups (broad SMARTS) is 1. The maximum absolute atomic E-state index is 11.3. The highest BCUT2D eigenvalue weighted by molar-refractivity contribution is 5.71. The van der Waals surface area contributed by atoms with E-state index >= 15 is 0 Å². The Morgan fingerprint density at radius 1 is 1.10 bits per heavy atom. The number of nitrogens with zero attached hydrogens (tertiary/aromatic N) is 1. The molecule has 0 amide bonds. The van der Waals surface area contributed by atoms with Crippen LogP contribution in [0.25, 0.3) is 0 Å². The van der Waals surface area contributed by atoms with Crippen LogP contribution in [0.4, 0.5) is 0 Å². The average Bonchev–Trinajstić information content (AvgIpc) is 2.90. The Kier molecular flexibility index (Phi) is 4.29. The standard InChI is InChI=1S/C18H25NO2/c1-13-11-19(12-17(13)18(20)21)16-9-7-15(8-10-16)14-5-3-2-4-6-14/h2-6,13,15-17H,7-12H2,1H3,(H,20,21)/t13-,15?,16?,17-/m1/s1. The van der Waals surface area contributed by atoms with Crippen molar-refractivity contribution in [1.29, 1.82) is 0 Å². The zero-order valence-electron chi connectivity index (χ0n) is 12.7. The molecule has 3 nitrogen and oxygen atoms in total. The summed E-state index contributed by atoms with van der Waals surface area (Å²) in [5.74, 6) is 0.187. The predicted octanol–water partition coefficient (Wildman–Crippen LogP) is 3.37. The molecule has 3 rings (SSSR count). The number of rotatable bonds is 3. The lowest BCUT2D eigenvalue weighted by Gasteiger charge is -2.35. The minimum atomic E-state index is -0.622. The van der Waals surface area contributed by atoms with Gasteiger partial charge in [-0.25, -0.2) is 0 Å². The van der Waals surface area contributed by atoms with Crippen molar-refractivity contribution in [3.05, 3.63) is 35.9 Å². The maximum atomic E-state index is 11.3. The van der Waals surface area contributed by atoms with Crippen LogP contribution in [0.15, 0.2) is 30.3 Å². The minimum Gasteiger partial charge on any atom is -0.481 e. The van der Waals surface area contributed by atoms with Crippen LogP contribution in [0.3, 0.4) is 0 Å². The van der Waals surface area contributed by atoms with Crippen LogP contribution in [-0.4, -0.2) is 35.1 Å². The van der Waals surface area contributed by atoms with Crippen molar-refractivity contribution in [1.82, 2.24) is 4.90 Å². The topological polar surface area (TPSA) is 40.5 Å². The summed E-state index contributed by atoms with van der Waals surface area (Å²) in [6, 6.07) is 11.4. The van der Waals surface area contributed by atoms with E-state index in [0.29, 0.717) is 12.0 Å². The molecule has 0 bridgehead atoms. The fourth-order valence-corrected chi connectivity index (χ4v) is 4.12. The second-order valence-electron chi connectivity index (χ2n) is 6.79. The first-order valence-electron chi connectivity index (χ1n) is 8.17. The smallest absolute Gasteiger partial charge is 0.308 e. The molecule has 1 aliphatic carbocycles. The SMILES string of the molecule is C[C@@H]1CN(C2CCC(c3ccccc3)CC2)C[C@H]1C(=O)O. The van der Waals surface area contributed by atoms with Crippen LogP contribution in [0.2, 0.25) is 0 Å². The van der Waals surface area contributed by atoms with Gasteiger partial charge in [0.2, 0.25) is 0 Å². The zero-order chi connectivity index (χ0) is 14.8. The van der Waals surface area contributed by atoms with Crippen LogP contribution >= 0.6 is 0 Å². The number of carboxylic acids is 1. The third-order valence-corrected chi connectivity index (χ3v) is 5.44. The molecule has 3 heteroatoms. The fraction of sp³-hybridized carbons (Fsp3) is 0.611. The van der Waals surface area contributed by atoms with E-state index in [1.807, 2.05) is 0 Å². The van der Waals surface area contributed by atoms with Gasteiger partial charge in [0.25, 0.3) is 0 Å². The molecule has 1 aliphatic heterocycles. The Balaban J connectivity index is 1.56. The van der Waals surface area contributed by atoms with E-state index in [4.69, 9.17) is 0 Å². The van der Waals surface area contributed by atoms with Gasteiger partial charge in [-0.1, -0.05) is 37.3 Å². The lowest BCUT2D eigenvalue weighted by molar-refractivity contribution is -0.142. The lowest BCUT2D eigenvalue weighted by Crippen LogP contribution is -2.36. The molecule has 2 atom stereocenters. The summed E-state index contributed by atoms with van der Waals surface area (Å²) in [4.78, 5) is 13.7. The number of benzene rings is 1. The molecule has 1 aromatic rings. The second kappa shape index (κ2) is 6.18. The molecular formula is C18H25NO2. The van der Waals surface area contributed by atoms with Gasteiger partial charge in [0.1, 0.15) is 0 Å². The highest BCUT2D eigenvalue weighted by Crippen LogP contribution is 2.37. The van der Waals surface area contributed by atoms with Crippen LogP contribution in [0, 0.1) is 11.8 Å². The van der Waals surface area contributed by atoms with Crippen molar-refractivity contribution >= 4 is 5.97 Å². The summed E-state index contributed by atoms with van der Waals surface area (Å²) in [5, 5.41) is 9.26. The molecule has 0 spiro atoms. The van der Waals surface area contributed by atoms with Gasteiger partial charge in [-0.15, -0.1) is 0 Å². The number of hydrogen-bond acceptors (Lipinski definition) is 2. The van der Waals surface area contributed by atoms with E-state index in [1.54, 1.807) is 0 Å². The van der Waals surface area contributed by atoms with Crippen molar-refractivity contribution in [2.24, 2.45) is 11.8 Å². The van der Waals surface area contributed by atoms with Crippen molar-refractivity contribution in [3.8, 4) is 0 Å². The summed E-state index contributed by atoms with van der Waals surface area (Å²) in [6.07, 6.45) is 4.88. The molecule has 1 saturated carbocycles. The first-order chi connectivity index (χ1) is 10.1. The molecule has 0 aromatic heterocycles. The van der Waals surface area contributed by atoms with Crippen molar-refractivity contribution in [2.45, 2.75) is 44.6 Å². The van der Waals surface area contributed by atoms with Crippen molar-refractivity contribution in [2.75, 3.05) is 13.1 Å². The zero-order valence-corrected chi connectivity index (χ0v) is 12.7. The monoisotopic (exact) mass is 287 g/mol. The molecule has 2 fully saturated rings. The van der Waals surface area contributed by atoms with E-state index in [1.165, 1.54) is 31.2 Å². The van der Waals surface area contributed by atoms with Gasteiger partial charge < -0.3 is 5.11 Å². The summed E-state index contributed by atoms with van der Waals surface area (Å²) in [7, 11) is 0. The Morgan fingerprint density at radius 2 is 1.76 bits per heavy atom. The maximum Gasteiger partial charge on any atom is 0.308 e. The molecule has 1 heterocycles. The quantitative estimate of drug-likeness (QED) is 0.926. The molecule has 2 aliphatic rings. The van der Waals surface area contributed by atoms with Gasteiger partial charge in [-0.05, 0) is 43.1 Å². The molecule has 1 aromatic carbocycles. The Morgan fingerprint density at radius 3 is 2.33 bits per heavy atom. The summed E-state index contributed by atoms with van der Waals surface area (Å²) < 4.78 is 0. The number of likely N-dealkylation sites (tertiary alicyclic amines) is 1. The van der Waals surface area contributed by atoms with Gasteiger partial charge in [0, 0.05) is 19.1 Å². The third kappa shape index (κ3) is 3.13. The highest BCUT2D eigenvalue weighted by Gasteiger charge is 2.38. The highest BCUT2D eigenvalue weighted by atomic mass is 16.4. The molecule has 0 unspecified atom stereocenters. The minimum absolute atomic E-state index is 0.170. The predicted molar refractivity (Wildman–Crippen MR) is 83.3 cm³/mol. The number of hydrogen-bond donors (Lipinski definition) is 1. The Labute approximate surface area is 127 Å². The Hall–Kier alpha value is -1.35. The van der Waals surface area contributed by atoms with Crippen molar-refractivity contribution < 1.29 is 9.90 Å². The molecule has 21 heavy (non-hydrogen) atoms. The molecule has 114 valence electrons. The average molecular weight is 287 g/mol. The van der Waals surface area contributed by atoms with E-state index in [9.17, 15) is 9.90 Å². The third-order valence-electron chi connectivity index (χ3n) is 5.44. The summed E-state index contributed by atoms with van der Waals surface area (Å²) in [5.41, 5.74) is 1.47. The fourth-order valence-electron chi connectivity index (χ4n) is 4.12. The summed E-state index contributed by atoms with van der Waals surface area (Å²) >= 11 is 0. The first-order valence-corrected chi connectivity index (χ1v) is 8.17. The van der Waals surface area contributed by atoms with E-state index in [0.717, 1.165) is 13.1 Å².